The normalized spacial score (nSPS) is 21.9. The molecule has 1 amide bonds. The van der Waals surface area contributed by atoms with E-state index in [0.29, 0.717) is 17.5 Å². The second-order valence-electron chi connectivity index (χ2n) is 5.79. The van der Waals surface area contributed by atoms with Crippen LogP contribution in [-0.4, -0.2) is 36.5 Å². The zero-order valence-electron chi connectivity index (χ0n) is 11.5. The lowest BCUT2D eigenvalue weighted by Gasteiger charge is -2.25. The highest BCUT2D eigenvalue weighted by atomic mass is 16.4. The summed E-state index contributed by atoms with van der Waals surface area (Å²) < 4.78 is 4.80. The molecule has 3 rings (SSSR count). The van der Waals surface area contributed by atoms with Gasteiger partial charge in [0.1, 0.15) is 6.26 Å². The van der Waals surface area contributed by atoms with Gasteiger partial charge in [-0.3, -0.25) is 4.79 Å². The molecule has 1 aliphatic carbocycles. The lowest BCUT2D eigenvalue weighted by atomic mass is 10.2. The van der Waals surface area contributed by atoms with Gasteiger partial charge in [-0.05, 0) is 44.2 Å². The van der Waals surface area contributed by atoms with E-state index < -0.39 is 5.63 Å². The SMILES string of the molecule is O=C(c1ccc(=O)oc1)N(CC1CC1)CC1CCCN1. The number of carbonyl (C=O) groups is 1. The highest BCUT2D eigenvalue weighted by molar-refractivity contribution is 5.93. The van der Waals surface area contributed by atoms with Crippen LogP contribution in [0.25, 0.3) is 0 Å². The molecule has 2 aliphatic rings. The standard InChI is InChI=1S/C15H20N2O3/c18-14-6-5-12(10-20-14)15(19)17(8-11-3-4-11)9-13-2-1-7-16-13/h5-6,10-11,13,16H,1-4,7-9H2. The van der Waals surface area contributed by atoms with Gasteiger partial charge in [0.2, 0.25) is 0 Å². The first-order valence-corrected chi connectivity index (χ1v) is 7.34. The molecule has 1 aromatic heterocycles. The Bertz CT molecular complexity index is 510. The first-order valence-electron chi connectivity index (χ1n) is 7.34. The molecule has 0 spiro atoms. The summed E-state index contributed by atoms with van der Waals surface area (Å²) in [6, 6.07) is 3.25. The summed E-state index contributed by atoms with van der Waals surface area (Å²) in [5.41, 5.74) is 0.0380. The maximum atomic E-state index is 12.5. The van der Waals surface area contributed by atoms with Crippen molar-refractivity contribution in [3.63, 3.8) is 0 Å². The van der Waals surface area contributed by atoms with E-state index in [1.807, 2.05) is 4.90 Å². The van der Waals surface area contributed by atoms with Crippen LogP contribution in [0.5, 0.6) is 0 Å². The van der Waals surface area contributed by atoms with Gasteiger partial charge in [0, 0.05) is 25.2 Å². The zero-order chi connectivity index (χ0) is 13.9. The van der Waals surface area contributed by atoms with Gasteiger partial charge in [0.15, 0.2) is 0 Å². The van der Waals surface area contributed by atoms with Crippen LogP contribution in [0.3, 0.4) is 0 Å². The summed E-state index contributed by atoms with van der Waals surface area (Å²) in [5.74, 6) is 0.616. The third-order valence-electron chi connectivity index (χ3n) is 4.01. The summed E-state index contributed by atoms with van der Waals surface area (Å²) in [7, 11) is 0. The predicted octanol–water partition coefficient (Wildman–Crippen LogP) is 1.24. The number of carbonyl (C=O) groups excluding carboxylic acids is 1. The van der Waals surface area contributed by atoms with Crippen molar-refractivity contribution in [1.29, 1.82) is 0 Å². The molecule has 0 bridgehead atoms. The van der Waals surface area contributed by atoms with E-state index in [1.54, 1.807) is 6.07 Å². The highest BCUT2D eigenvalue weighted by Crippen LogP contribution is 2.30. The van der Waals surface area contributed by atoms with Crippen LogP contribution in [0.1, 0.15) is 36.0 Å². The predicted molar refractivity (Wildman–Crippen MR) is 74.6 cm³/mol. The van der Waals surface area contributed by atoms with E-state index in [4.69, 9.17) is 4.42 Å². The number of hydrogen-bond donors (Lipinski definition) is 1. The Kier molecular flexibility index (Phi) is 3.87. The first-order chi connectivity index (χ1) is 9.72. The average Bonchev–Trinajstić information content (AvgIpc) is 3.12. The Hall–Kier alpha value is -1.62. The minimum atomic E-state index is -0.423. The third-order valence-corrected chi connectivity index (χ3v) is 4.01. The van der Waals surface area contributed by atoms with Crippen LogP contribution in [0.2, 0.25) is 0 Å². The smallest absolute Gasteiger partial charge is 0.335 e. The van der Waals surface area contributed by atoms with Crippen molar-refractivity contribution in [1.82, 2.24) is 10.2 Å². The molecule has 1 unspecified atom stereocenters. The van der Waals surface area contributed by atoms with E-state index in [2.05, 4.69) is 5.32 Å². The summed E-state index contributed by atoms with van der Waals surface area (Å²) >= 11 is 0. The van der Waals surface area contributed by atoms with Crippen molar-refractivity contribution >= 4 is 5.91 Å². The van der Waals surface area contributed by atoms with Crippen molar-refractivity contribution in [3.8, 4) is 0 Å². The molecule has 1 aromatic rings. The van der Waals surface area contributed by atoms with Gasteiger partial charge < -0.3 is 14.6 Å². The van der Waals surface area contributed by atoms with Crippen LogP contribution in [0.4, 0.5) is 0 Å². The summed E-state index contributed by atoms with van der Waals surface area (Å²) in [6.07, 6.45) is 6.00. The zero-order valence-corrected chi connectivity index (χ0v) is 11.5. The highest BCUT2D eigenvalue weighted by Gasteiger charge is 2.29. The monoisotopic (exact) mass is 276 g/mol. The number of amides is 1. The molecule has 1 saturated heterocycles. The van der Waals surface area contributed by atoms with Crippen LogP contribution in [-0.2, 0) is 0 Å². The molecule has 1 atom stereocenters. The molecule has 0 radical (unpaired) electrons. The summed E-state index contributed by atoms with van der Waals surface area (Å²) in [5, 5.41) is 3.43. The molecule has 1 saturated carbocycles. The fourth-order valence-electron chi connectivity index (χ4n) is 2.69. The molecule has 20 heavy (non-hydrogen) atoms. The lowest BCUT2D eigenvalue weighted by molar-refractivity contribution is 0.0731. The maximum Gasteiger partial charge on any atom is 0.335 e. The summed E-state index contributed by atoms with van der Waals surface area (Å²) in [4.78, 5) is 25.4. The molecule has 2 fully saturated rings. The second-order valence-corrected chi connectivity index (χ2v) is 5.79. The molecule has 1 N–H and O–H groups in total. The Morgan fingerprint density at radius 3 is 2.75 bits per heavy atom. The minimum Gasteiger partial charge on any atom is -0.430 e. The number of nitrogens with one attached hydrogen (secondary N) is 1. The Balaban J connectivity index is 1.70. The molecule has 108 valence electrons. The summed E-state index contributed by atoms with van der Waals surface area (Å²) in [6.45, 7) is 2.60. The van der Waals surface area contributed by atoms with E-state index >= 15 is 0 Å². The Morgan fingerprint density at radius 1 is 1.30 bits per heavy atom. The van der Waals surface area contributed by atoms with E-state index in [1.165, 1.54) is 31.6 Å². The number of nitrogens with zero attached hydrogens (tertiary/aromatic N) is 1. The second kappa shape index (κ2) is 5.79. The molecular formula is C15H20N2O3. The van der Waals surface area contributed by atoms with Crippen LogP contribution < -0.4 is 10.9 Å². The van der Waals surface area contributed by atoms with Gasteiger partial charge in [-0.2, -0.15) is 0 Å². The van der Waals surface area contributed by atoms with Gasteiger partial charge in [-0.15, -0.1) is 0 Å². The lowest BCUT2D eigenvalue weighted by Crippen LogP contribution is -2.42. The van der Waals surface area contributed by atoms with Crippen LogP contribution in [0.15, 0.2) is 27.6 Å². The van der Waals surface area contributed by atoms with Crippen LogP contribution >= 0.6 is 0 Å². The quantitative estimate of drug-likeness (QED) is 0.879. The van der Waals surface area contributed by atoms with Crippen molar-refractivity contribution in [2.45, 2.75) is 31.7 Å². The van der Waals surface area contributed by atoms with Crippen molar-refractivity contribution in [2.24, 2.45) is 5.92 Å². The van der Waals surface area contributed by atoms with Crippen LogP contribution in [0, 0.1) is 5.92 Å². The molecule has 0 aromatic carbocycles. The van der Waals surface area contributed by atoms with E-state index in [9.17, 15) is 9.59 Å². The Labute approximate surface area is 118 Å². The van der Waals surface area contributed by atoms with Crippen molar-refractivity contribution in [3.05, 3.63) is 34.4 Å². The molecule has 5 heteroatoms. The number of hydrogen-bond acceptors (Lipinski definition) is 4. The fourth-order valence-corrected chi connectivity index (χ4v) is 2.69. The molecule has 1 aliphatic heterocycles. The van der Waals surface area contributed by atoms with Crippen molar-refractivity contribution < 1.29 is 9.21 Å². The molecular weight excluding hydrogens is 256 g/mol. The van der Waals surface area contributed by atoms with Gasteiger partial charge in [0.25, 0.3) is 5.91 Å². The van der Waals surface area contributed by atoms with E-state index in [-0.39, 0.29) is 5.91 Å². The number of rotatable bonds is 5. The molecule has 2 heterocycles. The minimum absolute atomic E-state index is 0.0330. The average molecular weight is 276 g/mol. The maximum absolute atomic E-state index is 12.5. The van der Waals surface area contributed by atoms with Crippen molar-refractivity contribution in [2.75, 3.05) is 19.6 Å². The first kappa shape index (κ1) is 13.4. The third kappa shape index (κ3) is 3.28. The van der Waals surface area contributed by atoms with Gasteiger partial charge in [0.05, 0.1) is 5.56 Å². The molecule has 5 nitrogen and oxygen atoms in total. The largest absolute Gasteiger partial charge is 0.430 e. The fraction of sp³-hybridized carbons (Fsp3) is 0.600. The van der Waals surface area contributed by atoms with Gasteiger partial charge >= 0.3 is 5.63 Å². The van der Waals surface area contributed by atoms with E-state index in [0.717, 1.165) is 26.1 Å². The van der Waals surface area contributed by atoms with Gasteiger partial charge in [-0.1, -0.05) is 0 Å². The van der Waals surface area contributed by atoms with Gasteiger partial charge in [-0.25, -0.2) is 4.79 Å². The topological polar surface area (TPSA) is 62.6 Å². The Morgan fingerprint density at radius 2 is 2.15 bits per heavy atom.